The molecular formula is C11H12N4OS. The lowest BCUT2D eigenvalue weighted by atomic mass is 10.2. The number of nitrogens with zero attached hydrogens (tertiary/aromatic N) is 2. The topological polar surface area (TPSA) is 66.9 Å². The van der Waals surface area contributed by atoms with E-state index in [4.69, 9.17) is 0 Å². The number of thiazole rings is 1. The number of nitrogens with one attached hydrogen (secondary N) is 2. The van der Waals surface area contributed by atoms with Crippen molar-refractivity contribution in [1.29, 1.82) is 0 Å². The quantitative estimate of drug-likeness (QED) is 0.873. The van der Waals surface area contributed by atoms with Gasteiger partial charge in [-0.15, -0.1) is 11.3 Å². The maximum atomic E-state index is 12.0. The molecule has 2 N–H and O–H groups in total. The first-order valence-electron chi connectivity index (χ1n) is 5.06. The van der Waals surface area contributed by atoms with Crippen molar-refractivity contribution in [3.8, 4) is 0 Å². The van der Waals surface area contributed by atoms with Crippen LogP contribution in [-0.4, -0.2) is 22.9 Å². The molecule has 0 saturated carbocycles. The highest BCUT2D eigenvalue weighted by molar-refractivity contribution is 7.15. The zero-order valence-electron chi connectivity index (χ0n) is 9.52. The van der Waals surface area contributed by atoms with Gasteiger partial charge in [0.05, 0.1) is 5.56 Å². The lowest BCUT2D eigenvalue weighted by molar-refractivity contribution is 0.102. The van der Waals surface area contributed by atoms with Crippen LogP contribution in [0.3, 0.4) is 0 Å². The zero-order valence-corrected chi connectivity index (χ0v) is 10.3. The summed E-state index contributed by atoms with van der Waals surface area (Å²) >= 11 is 1.44. The Hall–Kier alpha value is -1.95. The molecule has 6 heteroatoms. The fourth-order valence-corrected chi connectivity index (χ4v) is 2.03. The van der Waals surface area contributed by atoms with Crippen LogP contribution in [0.15, 0.2) is 24.7 Å². The third-order valence-electron chi connectivity index (χ3n) is 2.18. The summed E-state index contributed by atoms with van der Waals surface area (Å²) in [6, 6.07) is 1.75. The number of aromatic nitrogens is 2. The number of anilines is 2. The Morgan fingerprint density at radius 1 is 1.41 bits per heavy atom. The van der Waals surface area contributed by atoms with Gasteiger partial charge in [-0.2, -0.15) is 0 Å². The molecule has 2 aromatic heterocycles. The molecule has 0 aromatic carbocycles. The van der Waals surface area contributed by atoms with E-state index in [-0.39, 0.29) is 5.91 Å². The maximum Gasteiger partial charge on any atom is 0.261 e. The summed E-state index contributed by atoms with van der Waals surface area (Å²) in [6.07, 6.45) is 4.89. The van der Waals surface area contributed by atoms with Crippen LogP contribution in [0.1, 0.15) is 15.2 Å². The van der Waals surface area contributed by atoms with Gasteiger partial charge in [-0.25, -0.2) is 4.98 Å². The Labute approximate surface area is 103 Å². The Kier molecular flexibility index (Phi) is 3.34. The number of carbonyl (C=O) groups is 1. The summed E-state index contributed by atoms with van der Waals surface area (Å²) in [5, 5.41) is 6.29. The van der Waals surface area contributed by atoms with Gasteiger partial charge in [0.15, 0.2) is 5.13 Å². The Bertz CT molecular complexity index is 538. The zero-order chi connectivity index (χ0) is 12.3. The molecule has 0 aliphatic heterocycles. The van der Waals surface area contributed by atoms with Gasteiger partial charge in [-0.3, -0.25) is 15.1 Å². The van der Waals surface area contributed by atoms with E-state index < -0.39 is 0 Å². The van der Waals surface area contributed by atoms with Crippen LogP contribution < -0.4 is 10.6 Å². The van der Waals surface area contributed by atoms with E-state index in [0.717, 1.165) is 10.6 Å². The molecule has 2 aromatic rings. The monoisotopic (exact) mass is 248 g/mol. The number of amides is 1. The van der Waals surface area contributed by atoms with E-state index in [9.17, 15) is 4.79 Å². The summed E-state index contributed by atoms with van der Waals surface area (Å²) < 4.78 is 0. The molecule has 0 fully saturated rings. The van der Waals surface area contributed by atoms with Gasteiger partial charge in [0, 0.05) is 36.2 Å². The second-order valence-electron chi connectivity index (χ2n) is 3.40. The van der Waals surface area contributed by atoms with Crippen LogP contribution in [0.25, 0.3) is 0 Å². The normalized spacial score (nSPS) is 10.0. The second kappa shape index (κ2) is 4.92. The van der Waals surface area contributed by atoms with E-state index in [2.05, 4.69) is 20.6 Å². The van der Waals surface area contributed by atoms with Gasteiger partial charge in [-0.05, 0) is 13.0 Å². The molecule has 0 unspecified atom stereocenters. The van der Waals surface area contributed by atoms with E-state index in [0.29, 0.717) is 10.7 Å². The van der Waals surface area contributed by atoms with Crippen molar-refractivity contribution in [2.75, 3.05) is 17.7 Å². The van der Waals surface area contributed by atoms with Crippen LogP contribution in [0.5, 0.6) is 0 Å². The highest BCUT2D eigenvalue weighted by atomic mass is 32.1. The largest absolute Gasteiger partial charge is 0.387 e. The molecule has 2 rings (SSSR count). The van der Waals surface area contributed by atoms with Gasteiger partial charge in [0.25, 0.3) is 5.91 Å². The minimum Gasteiger partial charge on any atom is -0.387 e. The molecule has 1 amide bonds. The molecule has 0 radical (unpaired) electrons. The van der Waals surface area contributed by atoms with Gasteiger partial charge in [0.1, 0.15) is 0 Å². The average molecular weight is 248 g/mol. The molecule has 17 heavy (non-hydrogen) atoms. The molecular weight excluding hydrogens is 236 g/mol. The van der Waals surface area contributed by atoms with Crippen molar-refractivity contribution >= 4 is 28.1 Å². The van der Waals surface area contributed by atoms with Gasteiger partial charge in [0.2, 0.25) is 0 Å². The van der Waals surface area contributed by atoms with Crippen LogP contribution in [0.2, 0.25) is 0 Å². The maximum absolute atomic E-state index is 12.0. The van der Waals surface area contributed by atoms with E-state index in [1.54, 1.807) is 25.5 Å². The molecule has 0 spiro atoms. The van der Waals surface area contributed by atoms with Gasteiger partial charge < -0.3 is 5.32 Å². The van der Waals surface area contributed by atoms with Crippen LogP contribution >= 0.6 is 11.3 Å². The van der Waals surface area contributed by atoms with E-state index in [1.165, 1.54) is 17.5 Å². The molecule has 0 aliphatic rings. The summed E-state index contributed by atoms with van der Waals surface area (Å²) in [5.74, 6) is -0.211. The van der Waals surface area contributed by atoms with E-state index in [1.807, 2.05) is 6.92 Å². The fourth-order valence-electron chi connectivity index (χ4n) is 1.37. The van der Waals surface area contributed by atoms with Crippen molar-refractivity contribution in [2.24, 2.45) is 0 Å². The fraction of sp³-hybridized carbons (Fsp3) is 0.182. The first-order chi connectivity index (χ1) is 8.20. The number of hydrogen-bond donors (Lipinski definition) is 2. The molecule has 0 saturated heterocycles. The van der Waals surface area contributed by atoms with Crippen molar-refractivity contribution in [3.05, 3.63) is 35.1 Å². The highest BCUT2D eigenvalue weighted by Crippen LogP contribution is 2.19. The van der Waals surface area contributed by atoms with E-state index >= 15 is 0 Å². The minimum atomic E-state index is -0.211. The number of pyridine rings is 1. The summed E-state index contributed by atoms with van der Waals surface area (Å²) in [7, 11) is 1.76. The molecule has 88 valence electrons. The Morgan fingerprint density at radius 2 is 2.24 bits per heavy atom. The SMILES string of the molecule is CNc1ccncc1C(=O)Nc1ncc(C)s1. The third kappa shape index (κ3) is 2.59. The number of aryl methyl sites for hydroxylation is 1. The van der Waals surface area contributed by atoms with Crippen molar-refractivity contribution < 1.29 is 4.79 Å². The Morgan fingerprint density at radius 3 is 2.88 bits per heavy atom. The summed E-state index contributed by atoms with van der Waals surface area (Å²) in [4.78, 5) is 21.1. The van der Waals surface area contributed by atoms with Crippen molar-refractivity contribution in [2.45, 2.75) is 6.92 Å². The summed E-state index contributed by atoms with van der Waals surface area (Å²) in [6.45, 7) is 1.94. The molecule has 2 heterocycles. The second-order valence-corrected chi connectivity index (χ2v) is 4.64. The highest BCUT2D eigenvalue weighted by Gasteiger charge is 2.12. The predicted molar refractivity (Wildman–Crippen MR) is 68.6 cm³/mol. The molecule has 0 atom stereocenters. The van der Waals surface area contributed by atoms with Crippen LogP contribution in [-0.2, 0) is 0 Å². The Balaban J connectivity index is 2.20. The standard InChI is InChI=1S/C11H12N4OS/c1-7-5-14-11(17-7)15-10(16)8-6-13-4-3-9(8)12-2/h3-6H,1-2H3,(H,12,13)(H,14,15,16). The first-order valence-corrected chi connectivity index (χ1v) is 5.88. The summed E-state index contributed by atoms with van der Waals surface area (Å²) in [5.41, 5.74) is 1.24. The molecule has 0 bridgehead atoms. The van der Waals surface area contributed by atoms with Crippen LogP contribution in [0, 0.1) is 6.92 Å². The third-order valence-corrected chi connectivity index (χ3v) is 3.00. The van der Waals surface area contributed by atoms with Crippen molar-refractivity contribution in [1.82, 2.24) is 9.97 Å². The van der Waals surface area contributed by atoms with Gasteiger partial charge in [-0.1, -0.05) is 0 Å². The van der Waals surface area contributed by atoms with Crippen LogP contribution in [0.4, 0.5) is 10.8 Å². The smallest absolute Gasteiger partial charge is 0.261 e. The average Bonchev–Trinajstić information content (AvgIpc) is 2.74. The van der Waals surface area contributed by atoms with Crippen molar-refractivity contribution in [3.63, 3.8) is 0 Å². The minimum absolute atomic E-state index is 0.211. The first kappa shape index (κ1) is 11.5. The molecule has 0 aliphatic carbocycles. The number of carbonyl (C=O) groups excluding carboxylic acids is 1. The lowest BCUT2D eigenvalue weighted by Gasteiger charge is -2.06. The number of rotatable bonds is 3. The number of hydrogen-bond acceptors (Lipinski definition) is 5. The lowest BCUT2D eigenvalue weighted by Crippen LogP contribution is -2.14. The predicted octanol–water partition coefficient (Wildman–Crippen LogP) is 2.14. The molecule has 5 nitrogen and oxygen atoms in total. The van der Waals surface area contributed by atoms with Gasteiger partial charge >= 0.3 is 0 Å².